The minimum Gasteiger partial charge on any atom is -0.451 e. The third kappa shape index (κ3) is 6.95. The Balaban J connectivity index is 2.09. The van der Waals surface area contributed by atoms with E-state index in [-0.39, 0.29) is 18.5 Å². The van der Waals surface area contributed by atoms with Gasteiger partial charge in [0.25, 0.3) is 5.91 Å². The van der Waals surface area contributed by atoms with Gasteiger partial charge < -0.3 is 20.3 Å². The van der Waals surface area contributed by atoms with E-state index in [1.165, 1.54) is 18.2 Å². The van der Waals surface area contributed by atoms with Gasteiger partial charge in [-0.15, -0.1) is 0 Å². The first-order chi connectivity index (χ1) is 15.2. The number of rotatable bonds is 9. The number of primary amides is 1. The van der Waals surface area contributed by atoms with E-state index in [0.29, 0.717) is 11.3 Å². The Kier molecular flexibility index (Phi) is 8.48. The number of nitrogens with two attached hydrogens (primary N) is 1. The van der Waals surface area contributed by atoms with Crippen molar-refractivity contribution in [3.63, 3.8) is 0 Å². The van der Waals surface area contributed by atoms with Crippen LogP contribution in [-0.4, -0.2) is 45.0 Å². The molecule has 0 heterocycles. The SMILES string of the molecule is CN(C)c1ccc(/C=C(\C#N)C(=O)OCC(=O)N(CCC(N)=O)c2ccc(F)cc2)cc1. The van der Waals surface area contributed by atoms with E-state index < -0.39 is 30.2 Å². The molecule has 9 heteroatoms. The van der Waals surface area contributed by atoms with Gasteiger partial charge in [0.2, 0.25) is 5.91 Å². The second kappa shape index (κ2) is 11.3. The Labute approximate surface area is 185 Å². The summed E-state index contributed by atoms with van der Waals surface area (Å²) in [5, 5.41) is 9.31. The summed E-state index contributed by atoms with van der Waals surface area (Å²) in [6, 6.07) is 13.9. The lowest BCUT2D eigenvalue weighted by Gasteiger charge is -2.22. The van der Waals surface area contributed by atoms with E-state index in [2.05, 4.69) is 0 Å². The van der Waals surface area contributed by atoms with Crippen LogP contribution in [0.4, 0.5) is 15.8 Å². The monoisotopic (exact) mass is 438 g/mol. The van der Waals surface area contributed by atoms with E-state index in [4.69, 9.17) is 10.5 Å². The van der Waals surface area contributed by atoms with Crippen LogP contribution in [0.25, 0.3) is 6.08 Å². The van der Waals surface area contributed by atoms with Crippen LogP contribution >= 0.6 is 0 Å². The Morgan fingerprint density at radius 3 is 2.19 bits per heavy atom. The van der Waals surface area contributed by atoms with E-state index in [9.17, 15) is 24.0 Å². The van der Waals surface area contributed by atoms with Crippen LogP contribution < -0.4 is 15.5 Å². The number of hydrogen-bond donors (Lipinski definition) is 1. The first kappa shape index (κ1) is 24.1. The lowest BCUT2D eigenvalue weighted by molar-refractivity contribution is -0.143. The molecular weight excluding hydrogens is 415 g/mol. The molecule has 0 atom stereocenters. The normalized spacial score (nSPS) is 10.8. The molecule has 0 radical (unpaired) electrons. The first-order valence-corrected chi connectivity index (χ1v) is 9.62. The summed E-state index contributed by atoms with van der Waals surface area (Å²) in [5.74, 6) is -2.74. The maximum atomic E-state index is 13.2. The van der Waals surface area contributed by atoms with Gasteiger partial charge in [-0.3, -0.25) is 9.59 Å². The van der Waals surface area contributed by atoms with Gasteiger partial charge in [-0.1, -0.05) is 12.1 Å². The summed E-state index contributed by atoms with van der Waals surface area (Å²) in [7, 11) is 3.77. The predicted octanol–water partition coefficient (Wildman–Crippen LogP) is 2.25. The van der Waals surface area contributed by atoms with Crippen molar-refractivity contribution in [3.05, 3.63) is 65.5 Å². The second-order valence-electron chi connectivity index (χ2n) is 6.97. The van der Waals surface area contributed by atoms with Gasteiger partial charge in [-0.25, -0.2) is 9.18 Å². The Morgan fingerprint density at radius 2 is 1.66 bits per heavy atom. The van der Waals surface area contributed by atoms with Crippen LogP contribution in [0.15, 0.2) is 54.1 Å². The molecule has 0 spiro atoms. The predicted molar refractivity (Wildman–Crippen MR) is 118 cm³/mol. The molecule has 166 valence electrons. The van der Waals surface area contributed by atoms with Crippen LogP contribution in [-0.2, 0) is 19.1 Å². The first-order valence-electron chi connectivity index (χ1n) is 9.62. The van der Waals surface area contributed by atoms with Gasteiger partial charge in [0.15, 0.2) is 6.61 Å². The molecular formula is C23H23FN4O4. The van der Waals surface area contributed by atoms with Crippen molar-refractivity contribution >= 4 is 35.2 Å². The zero-order chi connectivity index (χ0) is 23.7. The second-order valence-corrected chi connectivity index (χ2v) is 6.97. The van der Waals surface area contributed by atoms with E-state index in [0.717, 1.165) is 22.7 Å². The molecule has 0 saturated heterocycles. The van der Waals surface area contributed by atoms with E-state index in [1.54, 1.807) is 18.2 Å². The number of esters is 1. The number of hydrogen-bond acceptors (Lipinski definition) is 6. The molecule has 2 aromatic carbocycles. The van der Waals surface area contributed by atoms with Crippen molar-refractivity contribution in [3.8, 4) is 6.07 Å². The van der Waals surface area contributed by atoms with E-state index in [1.807, 2.05) is 31.1 Å². The van der Waals surface area contributed by atoms with E-state index >= 15 is 0 Å². The molecule has 2 rings (SSSR count). The molecule has 32 heavy (non-hydrogen) atoms. The van der Waals surface area contributed by atoms with Crippen LogP contribution in [0.5, 0.6) is 0 Å². The number of nitriles is 1. The van der Waals surface area contributed by atoms with Crippen molar-refractivity contribution in [2.75, 3.05) is 37.0 Å². The lowest BCUT2D eigenvalue weighted by atomic mass is 10.1. The van der Waals surface area contributed by atoms with Gasteiger partial charge in [-0.2, -0.15) is 5.26 Å². The number of ether oxygens (including phenoxy) is 1. The molecule has 0 aliphatic heterocycles. The van der Waals surface area contributed by atoms with Crippen molar-refractivity contribution < 1.29 is 23.5 Å². The molecule has 0 aliphatic carbocycles. The Hall–Kier alpha value is -4.19. The molecule has 2 amide bonds. The molecule has 0 aromatic heterocycles. The van der Waals surface area contributed by atoms with Gasteiger partial charge in [-0.05, 0) is 48.0 Å². The highest BCUT2D eigenvalue weighted by Gasteiger charge is 2.20. The van der Waals surface area contributed by atoms with Crippen molar-refractivity contribution in [2.24, 2.45) is 5.73 Å². The average molecular weight is 438 g/mol. The number of carbonyl (C=O) groups is 3. The highest BCUT2D eigenvalue weighted by Crippen LogP contribution is 2.17. The summed E-state index contributed by atoms with van der Waals surface area (Å²) in [6.07, 6.45) is 1.22. The third-order valence-electron chi connectivity index (χ3n) is 4.41. The molecule has 0 bridgehead atoms. The summed E-state index contributed by atoms with van der Waals surface area (Å²) >= 11 is 0. The smallest absolute Gasteiger partial charge is 0.349 e. The quantitative estimate of drug-likeness (QED) is 0.365. The molecule has 2 N–H and O–H groups in total. The third-order valence-corrected chi connectivity index (χ3v) is 4.41. The average Bonchev–Trinajstić information content (AvgIpc) is 2.77. The fraction of sp³-hybridized carbons (Fsp3) is 0.217. The number of amides is 2. The van der Waals surface area contributed by atoms with Crippen molar-refractivity contribution in [2.45, 2.75) is 6.42 Å². The topological polar surface area (TPSA) is 117 Å². The Morgan fingerprint density at radius 1 is 1.06 bits per heavy atom. The molecule has 0 aliphatic rings. The zero-order valence-corrected chi connectivity index (χ0v) is 17.7. The maximum Gasteiger partial charge on any atom is 0.349 e. The molecule has 2 aromatic rings. The number of carbonyl (C=O) groups excluding carboxylic acids is 3. The molecule has 0 unspecified atom stereocenters. The molecule has 0 saturated carbocycles. The lowest BCUT2D eigenvalue weighted by Crippen LogP contribution is -2.37. The highest BCUT2D eigenvalue weighted by atomic mass is 19.1. The number of halogens is 1. The maximum absolute atomic E-state index is 13.2. The summed E-state index contributed by atoms with van der Waals surface area (Å²) in [4.78, 5) is 39.1. The summed E-state index contributed by atoms with van der Waals surface area (Å²) < 4.78 is 18.2. The fourth-order valence-electron chi connectivity index (χ4n) is 2.70. The zero-order valence-electron chi connectivity index (χ0n) is 17.7. The standard InChI is InChI=1S/C23H23FN4O4/c1-27(2)19-7-3-16(4-8-19)13-17(14-25)23(31)32-15-22(30)28(12-11-21(26)29)20-9-5-18(24)6-10-20/h3-10,13H,11-12,15H2,1-2H3,(H2,26,29)/b17-13+. The van der Waals surface area contributed by atoms with Crippen LogP contribution in [0.3, 0.4) is 0 Å². The largest absolute Gasteiger partial charge is 0.451 e. The highest BCUT2D eigenvalue weighted by molar-refractivity contribution is 6.01. The van der Waals surface area contributed by atoms with Crippen molar-refractivity contribution in [1.29, 1.82) is 5.26 Å². The van der Waals surface area contributed by atoms with Gasteiger partial charge in [0, 0.05) is 38.4 Å². The molecule has 0 fully saturated rings. The minimum atomic E-state index is -0.966. The molecule has 8 nitrogen and oxygen atoms in total. The van der Waals surface area contributed by atoms with Crippen LogP contribution in [0.1, 0.15) is 12.0 Å². The number of anilines is 2. The summed E-state index contributed by atoms with van der Waals surface area (Å²) in [6.45, 7) is -0.746. The summed E-state index contributed by atoms with van der Waals surface area (Å²) in [5.41, 5.74) is 6.75. The van der Waals surface area contributed by atoms with Crippen molar-refractivity contribution in [1.82, 2.24) is 0 Å². The number of nitrogens with zero attached hydrogens (tertiary/aromatic N) is 3. The van der Waals surface area contributed by atoms with Gasteiger partial charge >= 0.3 is 5.97 Å². The fourth-order valence-corrected chi connectivity index (χ4v) is 2.70. The van der Waals surface area contributed by atoms with Crippen LogP contribution in [0, 0.1) is 17.1 Å². The van der Waals surface area contributed by atoms with Crippen LogP contribution in [0.2, 0.25) is 0 Å². The van der Waals surface area contributed by atoms with Gasteiger partial charge in [0.1, 0.15) is 17.5 Å². The minimum absolute atomic E-state index is 0.0729. The number of benzene rings is 2. The van der Waals surface area contributed by atoms with Gasteiger partial charge in [0.05, 0.1) is 0 Å². The Bertz CT molecular complexity index is 1040.